The number of amides is 1. The molecule has 1 amide bonds. The van der Waals surface area contributed by atoms with E-state index >= 15 is 0 Å². The minimum atomic E-state index is -0.333. The molecule has 4 nitrogen and oxygen atoms in total. The molecule has 13 heavy (non-hydrogen) atoms. The maximum Gasteiger partial charge on any atom is 0.214 e. The number of nitrogens with zero attached hydrogens (tertiary/aromatic N) is 1. The Hall–Kier alpha value is -0.610. The van der Waals surface area contributed by atoms with Crippen molar-refractivity contribution in [1.82, 2.24) is 10.2 Å². The van der Waals surface area contributed by atoms with Gasteiger partial charge < -0.3 is 11.1 Å². The monoisotopic (exact) mass is 187 g/mol. The molecule has 1 saturated heterocycles. The van der Waals surface area contributed by atoms with Crippen LogP contribution in [0, 0.1) is 0 Å². The fourth-order valence-corrected chi connectivity index (χ4v) is 1.20. The minimum absolute atomic E-state index is 0.333. The Labute approximate surface area is 80.5 Å². The van der Waals surface area contributed by atoms with E-state index in [0.29, 0.717) is 0 Å². The van der Waals surface area contributed by atoms with Gasteiger partial charge in [0, 0.05) is 39.1 Å². The van der Waals surface area contributed by atoms with Crippen LogP contribution >= 0.6 is 0 Å². The molecule has 0 aromatic carbocycles. The summed E-state index contributed by atoms with van der Waals surface area (Å²) in [5, 5.41) is 3.33. The second-order valence-electron chi connectivity index (χ2n) is 3.49. The second-order valence-corrected chi connectivity index (χ2v) is 3.49. The third-order valence-electron chi connectivity index (χ3n) is 1.88. The number of rotatable bonds is 1. The van der Waals surface area contributed by atoms with E-state index in [1.165, 1.54) is 20.0 Å². The van der Waals surface area contributed by atoms with E-state index in [-0.39, 0.29) is 5.91 Å². The SMILES string of the molecule is CC(C)N1CCNCC1.CC(N)=O. The van der Waals surface area contributed by atoms with E-state index in [1.54, 1.807) is 0 Å². The summed E-state index contributed by atoms with van der Waals surface area (Å²) in [6.07, 6.45) is 0. The first kappa shape index (κ1) is 12.4. The minimum Gasteiger partial charge on any atom is -0.370 e. The molecule has 0 aromatic heterocycles. The first-order valence-corrected chi connectivity index (χ1v) is 4.75. The van der Waals surface area contributed by atoms with Crippen molar-refractivity contribution < 1.29 is 4.79 Å². The van der Waals surface area contributed by atoms with Crippen molar-refractivity contribution in [3.63, 3.8) is 0 Å². The van der Waals surface area contributed by atoms with E-state index in [0.717, 1.165) is 19.1 Å². The average molecular weight is 187 g/mol. The molecule has 4 heteroatoms. The number of primary amides is 1. The van der Waals surface area contributed by atoms with Crippen LogP contribution in [0.4, 0.5) is 0 Å². The van der Waals surface area contributed by atoms with Crippen LogP contribution in [0.5, 0.6) is 0 Å². The molecular formula is C9H21N3O. The van der Waals surface area contributed by atoms with Crippen molar-refractivity contribution >= 4 is 5.91 Å². The summed E-state index contributed by atoms with van der Waals surface area (Å²) in [4.78, 5) is 11.7. The predicted octanol–water partition coefficient (Wildman–Crippen LogP) is -0.208. The van der Waals surface area contributed by atoms with E-state index in [4.69, 9.17) is 0 Å². The molecule has 1 aliphatic heterocycles. The van der Waals surface area contributed by atoms with Crippen molar-refractivity contribution in [2.24, 2.45) is 5.73 Å². The van der Waals surface area contributed by atoms with Crippen LogP contribution in [-0.2, 0) is 4.79 Å². The zero-order valence-corrected chi connectivity index (χ0v) is 8.84. The van der Waals surface area contributed by atoms with Gasteiger partial charge in [0.1, 0.15) is 0 Å². The number of hydrogen-bond acceptors (Lipinski definition) is 3. The highest BCUT2D eigenvalue weighted by atomic mass is 16.1. The topological polar surface area (TPSA) is 58.4 Å². The summed E-state index contributed by atoms with van der Waals surface area (Å²) in [5.41, 5.74) is 4.47. The Morgan fingerprint density at radius 2 is 1.77 bits per heavy atom. The normalized spacial score (nSPS) is 17.8. The van der Waals surface area contributed by atoms with Gasteiger partial charge >= 0.3 is 0 Å². The Morgan fingerprint density at radius 3 is 2.00 bits per heavy atom. The molecule has 0 radical (unpaired) electrons. The summed E-state index contributed by atoms with van der Waals surface area (Å²) in [7, 11) is 0. The standard InChI is InChI=1S/C7H16N2.C2H5NO/c1-7(2)9-5-3-8-4-6-9;1-2(3)4/h7-8H,3-6H2,1-2H3;1H3,(H2,3,4). The van der Waals surface area contributed by atoms with Gasteiger partial charge in [-0.2, -0.15) is 0 Å². The maximum atomic E-state index is 9.22. The summed E-state index contributed by atoms with van der Waals surface area (Å²) < 4.78 is 0. The highest BCUT2D eigenvalue weighted by Gasteiger charge is 2.11. The third-order valence-corrected chi connectivity index (χ3v) is 1.88. The molecule has 3 N–H and O–H groups in total. The van der Waals surface area contributed by atoms with Gasteiger partial charge in [-0.05, 0) is 13.8 Å². The number of piperazine rings is 1. The zero-order chi connectivity index (χ0) is 10.3. The molecule has 0 unspecified atom stereocenters. The number of carbonyl (C=O) groups is 1. The molecule has 1 rings (SSSR count). The molecule has 78 valence electrons. The van der Waals surface area contributed by atoms with E-state index in [1.807, 2.05) is 0 Å². The van der Waals surface area contributed by atoms with Crippen LogP contribution in [0.15, 0.2) is 0 Å². The summed E-state index contributed by atoms with van der Waals surface area (Å²) in [6, 6.07) is 0.729. The van der Waals surface area contributed by atoms with Crippen molar-refractivity contribution in [3.8, 4) is 0 Å². The Bertz CT molecular complexity index is 138. The number of nitrogens with two attached hydrogens (primary N) is 1. The van der Waals surface area contributed by atoms with E-state index in [9.17, 15) is 4.79 Å². The van der Waals surface area contributed by atoms with Gasteiger partial charge in [-0.15, -0.1) is 0 Å². The van der Waals surface area contributed by atoms with Gasteiger partial charge in [0.2, 0.25) is 5.91 Å². The molecule has 0 aromatic rings. The molecule has 0 atom stereocenters. The molecule has 1 aliphatic rings. The van der Waals surface area contributed by atoms with Crippen LogP contribution in [0.25, 0.3) is 0 Å². The number of carbonyl (C=O) groups excluding carboxylic acids is 1. The number of hydrogen-bond donors (Lipinski definition) is 2. The smallest absolute Gasteiger partial charge is 0.214 e. The fourth-order valence-electron chi connectivity index (χ4n) is 1.20. The Balaban J connectivity index is 0.000000310. The van der Waals surface area contributed by atoms with Gasteiger partial charge in [0.15, 0.2) is 0 Å². The van der Waals surface area contributed by atoms with Crippen LogP contribution in [0.1, 0.15) is 20.8 Å². The molecular weight excluding hydrogens is 166 g/mol. The lowest BCUT2D eigenvalue weighted by Gasteiger charge is -2.30. The first-order valence-electron chi connectivity index (χ1n) is 4.75. The largest absolute Gasteiger partial charge is 0.370 e. The van der Waals surface area contributed by atoms with Gasteiger partial charge in [-0.3, -0.25) is 9.69 Å². The lowest BCUT2D eigenvalue weighted by molar-refractivity contribution is -0.115. The number of nitrogens with one attached hydrogen (secondary N) is 1. The summed E-state index contributed by atoms with van der Waals surface area (Å²) in [6.45, 7) is 10.6. The van der Waals surface area contributed by atoms with E-state index < -0.39 is 0 Å². The second kappa shape index (κ2) is 6.86. The van der Waals surface area contributed by atoms with Crippen molar-refractivity contribution in [2.45, 2.75) is 26.8 Å². The highest BCUT2D eigenvalue weighted by Crippen LogP contribution is 1.97. The highest BCUT2D eigenvalue weighted by molar-refractivity contribution is 5.70. The van der Waals surface area contributed by atoms with Crippen LogP contribution in [0.2, 0.25) is 0 Å². The summed E-state index contributed by atoms with van der Waals surface area (Å²) in [5.74, 6) is -0.333. The quantitative estimate of drug-likeness (QED) is 0.597. The van der Waals surface area contributed by atoms with Crippen LogP contribution in [-0.4, -0.2) is 43.0 Å². The van der Waals surface area contributed by atoms with Crippen molar-refractivity contribution in [1.29, 1.82) is 0 Å². The van der Waals surface area contributed by atoms with E-state index in [2.05, 4.69) is 29.8 Å². The van der Waals surface area contributed by atoms with Crippen molar-refractivity contribution in [3.05, 3.63) is 0 Å². The third kappa shape index (κ3) is 7.74. The summed E-state index contributed by atoms with van der Waals surface area (Å²) >= 11 is 0. The van der Waals surface area contributed by atoms with Gasteiger partial charge in [0.05, 0.1) is 0 Å². The molecule has 1 heterocycles. The van der Waals surface area contributed by atoms with Gasteiger partial charge in [-0.25, -0.2) is 0 Å². The first-order chi connectivity index (χ1) is 6.04. The predicted molar refractivity (Wildman–Crippen MR) is 54.4 cm³/mol. The molecule has 0 spiro atoms. The maximum absolute atomic E-state index is 9.22. The van der Waals surface area contributed by atoms with Crippen LogP contribution in [0.3, 0.4) is 0 Å². The lowest BCUT2D eigenvalue weighted by atomic mass is 10.3. The Kier molecular flexibility index (Phi) is 6.54. The molecule has 0 aliphatic carbocycles. The van der Waals surface area contributed by atoms with Crippen LogP contribution < -0.4 is 11.1 Å². The zero-order valence-electron chi connectivity index (χ0n) is 8.84. The molecule has 0 bridgehead atoms. The van der Waals surface area contributed by atoms with Gasteiger partial charge in [-0.1, -0.05) is 0 Å². The average Bonchev–Trinajstić information content (AvgIpc) is 2.05. The fraction of sp³-hybridized carbons (Fsp3) is 0.889. The molecule has 1 fully saturated rings. The van der Waals surface area contributed by atoms with Gasteiger partial charge in [0.25, 0.3) is 0 Å². The molecule has 0 saturated carbocycles. The Morgan fingerprint density at radius 1 is 1.38 bits per heavy atom. The lowest BCUT2D eigenvalue weighted by Crippen LogP contribution is -2.46. The van der Waals surface area contributed by atoms with Crippen molar-refractivity contribution in [2.75, 3.05) is 26.2 Å².